The fourth-order valence-electron chi connectivity index (χ4n) is 0.581. The summed E-state index contributed by atoms with van der Waals surface area (Å²) in [5.74, 6) is 0. The number of hydrogen-bond donors (Lipinski definition) is 1. The third-order valence-corrected chi connectivity index (χ3v) is 1.91. The molecule has 11 heavy (non-hydrogen) atoms. The molecule has 0 aliphatic heterocycles. The van der Waals surface area contributed by atoms with E-state index in [1.807, 2.05) is 0 Å². The van der Waals surface area contributed by atoms with Crippen molar-refractivity contribution in [2.24, 2.45) is 5.73 Å². The predicted octanol–water partition coefficient (Wildman–Crippen LogP) is -2.85. The van der Waals surface area contributed by atoms with Crippen LogP contribution in [0.3, 0.4) is 0 Å². The smallest absolute Gasteiger partial charge is 1.00 e. The first-order valence-corrected chi connectivity index (χ1v) is 3.74. The number of nitrogens with two attached hydrogens (primary N) is 1. The van der Waals surface area contributed by atoms with Crippen molar-refractivity contribution < 1.29 is 33.5 Å². The van der Waals surface area contributed by atoms with Gasteiger partial charge in [-0.05, 0) is 39.3 Å². The van der Waals surface area contributed by atoms with Gasteiger partial charge in [-0.2, -0.15) is 0 Å². The summed E-state index contributed by atoms with van der Waals surface area (Å²) in [6, 6.07) is 0. The van der Waals surface area contributed by atoms with E-state index in [-0.39, 0.29) is 33.5 Å². The molecule has 66 valence electrons. The number of nitrogens with zero attached hydrogens (tertiary/aromatic N) is 2. The fraction of sp³-hybridized carbons (Fsp3) is 0.400. The van der Waals surface area contributed by atoms with Crippen LogP contribution in [-0.2, 0) is 27.5 Å². The van der Waals surface area contributed by atoms with Crippen LogP contribution in [0.1, 0.15) is 5.69 Å². The van der Waals surface area contributed by atoms with Crippen LogP contribution >= 0.6 is 22.6 Å². The molecular weight excluding hydrogens is 464 g/mol. The number of imidazole rings is 1. The second-order valence-corrected chi connectivity index (χ2v) is 2.67. The van der Waals surface area contributed by atoms with Gasteiger partial charge in [0.05, 0.1) is 0 Å². The van der Waals surface area contributed by atoms with E-state index in [2.05, 4.69) is 32.6 Å². The van der Waals surface area contributed by atoms with Crippen molar-refractivity contribution in [1.82, 2.24) is 9.97 Å². The molecule has 0 saturated heterocycles. The quantitative estimate of drug-likeness (QED) is 0.474. The second-order valence-electron chi connectivity index (χ2n) is 1.65. The molecule has 0 unspecified atom stereocenters. The number of halogens is 2. The summed E-state index contributed by atoms with van der Waals surface area (Å²) in [6.07, 6.45) is 2.39. The van der Waals surface area contributed by atoms with Crippen molar-refractivity contribution in [1.29, 1.82) is 0 Å². The third-order valence-electron chi connectivity index (χ3n) is 1.00. The molecule has 0 bridgehead atoms. The monoisotopic (exact) mass is 470 g/mol. The summed E-state index contributed by atoms with van der Waals surface area (Å²) in [4.78, 5) is 7.96. The minimum absolute atomic E-state index is 0. The zero-order valence-electron chi connectivity index (χ0n) is 5.54. The maximum atomic E-state index is 5.32. The molecule has 1 heterocycles. The largest absolute Gasteiger partial charge is 2.00 e. The zero-order valence-corrected chi connectivity index (χ0v) is 10.7. The van der Waals surface area contributed by atoms with E-state index in [0.717, 1.165) is 15.8 Å². The Labute approximate surface area is 99.7 Å². The predicted molar refractivity (Wildman–Crippen MR) is 43.0 cm³/mol. The summed E-state index contributed by atoms with van der Waals surface area (Å²) in [5, 5.41) is 0. The van der Waals surface area contributed by atoms with E-state index < -0.39 is 0 Å². The van der Waals surface area contributed by atoms with Gasteiger partial charge >= 0.3 is 21.1 Å². The second kappa shape index (κ2) is 7.52. The molecule has 0 fully saturated rings. The van der Waals surface area contributed by atoms with Crippen molar-refractivity contribution in [3.63, 3.8) is 0 Å². The van der Waals surface area contributed by atoms with Gasteiger partial charge in [-0.1, -0.05) is 12.0 Å². The van der Waals surface area contributed by atoms with Gasteiger partial charge in [-0.15, -0.1) is 0 Å². The SMILES string of the molecule is NCCc1nc[n-]c1[131I].[Cl-].[Pt+2]. The molecule has 0 radical (unpaired) electrons. The fourth-order valence-corrected chi connectivity index (χ4v) is 1.11. The van der Waals surface area contributed by atoms with Crippen LogP contribution in [0.5, 0.6) is 0 Å². The van der Waals surface area contributed by atoms with E-state index in [9.17, 15) is 0 Å². The molecule has 0 aromatic carbocycles. The average molecular weight is 471 g/mol. The van der Waals surface area contributed by atoms with Crippen LogP contribution in [0.4, 0.5) is 0 Å². The standard InChI is InChI=1S/C5H7IN3.ClH.Pt/c6-5-4(1-2-7)8-3-9-5;;/h3H,1-2,7H2;1H;/q-1;;+2/p-1/i6+4;;. The number of hydrogen-bond acceptors (Lipinski definition) is 2. The molecule has 2 N–H and O–H groups in total. The summed E-state index contributed by atoms with van der Waals surface area (Å²) in [7, 11) is 0. The van der Waals surface area contributed by atoms with Gasteiger partial charge in [0.2, 0.25) is 0 Å². The van der Waals surface area contributed by atoms with Gasteiger partial charge < -0.3 is 28.1 Å². The number of rotatable bonds is 2. The molecule has 0 amide bonds. The molecular formula is C5H7ClIN3Pt. The normalized spacial score (nSPS) is 8.18. The van der Waals surface area contributed by atoms with Crippen molar-refractivity contribution in [2.75, 3.05) is 6.54 Å². The molecule has 0 aliphatic rings. The van der Waals surface area contributed by atoms with Crippen LogP contribution in [-0.4, -0.2) is 11.5 Å². The Bertz CT molecular complexity index is 194. The molecule has 3 nitrogen and oxygen atoms in total. The van der Waals surface area contributed by atoms with E-state index in [0.29, 0.717) is 6.54 Å². The zero-order chi connectivity index (χ0) is 6.69. The molecule has 1 aromatic rings. The first-order valence-electron chi connectivity index (χ1n) is 2.66. The van der Waals surface area contributed by atoms with E-state index in [1.165, 1.54) is 0 Å². The van der Waals surface area contributed by atoms with Crippen molar-refractivity contribution in [3.8, 4) is 0 Å². The van der Waals surface area contributed by atoms with Crippen LogP contribution in [0.25, 0.3) is 0 Å². The third kappa shape index (κ3) is 4.45. The molecule has 0 spiro atoms. The summed E-state index contributed by atoms with van der Waals surface area (Å²) < 4.78 is 0.970. The summed E-state index contributed by atoms with van der Waals surface area (Å²) in [6.45, 7) is 0.648. The summed E-state index contributed by atoms with van der Waals surface area (Å²) in [5.41, 5.74) is 6.33. The average Bonchev–Trinajstić information content (AvgIpc) is 2.18. The van der Waals surface area contributed by atoms with Gasteiger partial charge in [-0.25, -0.2) is 0 Å². The topological polar surface area (TPSA) is 53.0 Å². The van der Waals surface area contributed by atoms with Crippen LogP contribution in [0, 0.1) is 3.70 Å². The van der Waals surface area contributed by atoms with Crippen LogP contribution in [0.15, 0.2) is 6.33 Å². The van der Waals surface area contributed by atoms with E-state index >= 15 is 0 Å². The van der Waals surface area contributed by atoms with Crippen molar-refractivity contribution >= 4 is 22.6 Å². The summed E-state index contributed by atoms with van der Waals surface area (Å²) >= 11 is 2.15. The molecule has 1 aromatic heterocycles. The van der Waals surface area contributed by atoms with Crippen LogP contribution in [0.2, 0.25) is 0 Å². The molecule has 6 heteroatoms. The molecule has 0 saturated carbocycles. The van der Waals surface area contributed by atoms with Gasteiger partial charge in [0.1, 0.15) is 0 Å². The maximum Gasteiger partial charge on any atom is 2.00 e. The Morgan fingerprint density at radius 2 is 2.27 bits per heavy atom. The first kappa shape index (κ1) is 14.4. The Morgan fingerprint density at radius 3 is 2.64 bits per heavy atom. The van der Waals surface area contributed by atoms with E-state index in [4.69, 9.17) is 5.73 Å². The Morgan fingerprint density at radius 1 is 1.64 bits per heavy atom. The van der Waals surface area contributed by atoms with Gasteiger partial charge in [-0.3, -0.25) is 0 Å². The minimum atomic E-state index is 0. The maximum absolute atomic E-state index is 5.32. The van der Waals surface area contributed by atoms with Gasteiger partial charge in [0.25, 0.3) is 0 Å². The first-order chi connectivity index (χ1) is 4.34. The van der Waals surface area contributed by atoms with Gasteiger partial charge in [0.15, 0.2) is 0 Å². The van der Waals surface area contributed by atoms with Crippen LogP contribution < -0.4 is 23.1 Å². The Hall–Kier alpha value is 0.878. The molecule has 1 rings (SSSR count). The number of aromatic nitrogens is 2. The Balaban J connectivity index is 0. The van der Waals surface area contributed by atoms with E-state index in [1.54, 1.807) is 6.33 Å². The minimum Gasteiger partial charge on any atom is -1.00 e. The molecule has 0 atom stereocenters. The van der Waals surface area contributed by atoms with Crippen molar-refractivity contribution in [3.05, 3.63) is 15.7 Å². The Kier molecular flexibility index (Phi) is 9.85. The molecule has 0 aliphatic carbocycles. The van der Waals surface area contributed by atoms with Gasteiger partial charge in [0, 0.05) is 0 Å². The van der Waals surface area contributed by atoms with Crippen molar-refractivity contribution in [2.45, 2.75) is 6.42 Å².